The molecule has 9 rings (SSSR count). The van der Waals surface area contributed by atoms with Crippen LogP contribution in [0.3, 0.4) is 0 Å². The van der Waals surface area contributed by atoms with Gasteiger partial charge in [0.2, 0.25) is 0 Å². The Labute approximate surface area is 252 Å². The molecule has 10 heteroatoms. The van der Waals surface area contributed by atoms with E-state index >= 15 is 0 Å². The van der Waals surface area contributed by atoms with Crippen LogP contribution in [-0.2, 0) is 0 Å². The lowest BCUT2D eigenvalue weighted by molar-refractivity contribution is 0.0777. The largest absolute Gasteiger partial charge is 0.370 e. The lowest BCUT2D eigenvalue weighted by Crippen LogP contribution is -2.52. The molecule has 4 aliphatic carbocycles. The van der Waals surface area contributed by atoms with Crippen LogP contribution >= 0.6 is 11.9 Å². The summed E-state index contributed by atoms with van der Waals surface area (Å²) in [5.74, 6) is 4.89. The standard InChI is InChI=1S/C32H41N7O2S/c1-31(2)15-20-5-4-10-33-25-6-3-7-27(34-25)42-36-29(40)24-8-9-26(35-28(24)39(31)19-20)37-11-12-38(30(37)41)32-16-21-13-22(17-32)23(14-21)18-32/h3,6-9,20-23H,4-5,10-19H2,1-2H3,(H,33,34)(H,36,40)/t20-,21?,22?,23?,32?/m0/s1. The van der Waals surface area contributed by atoms with Gasteiger partial charge in [-0.25, -0.2) is 14.8 Å². The first-order valence-electron chi connectivity index (χ1n) is 15.8. The van der Waals surface area contributed by atoms with Crippen LogP contribution in [0.1, 0.15) is 75.6 Å². The number of aromatic nitrogens is 2. The van der Waals surface area contributed by atoms with Crippen molar-refractivity contribution >= 4 is 41.3 Å². The van der Waals surface area contributed by atoms with Gasteiger partial charge in [-0.1, -0.05) is 6.07 Å². The first-order valence-corrected chi connectivity index (χ1v) is 16.7. The molecule has 0 spiro atoms. The Morgan fingerprint density at radius 1 is 0.929 bits per heavy atom. The quantitative estimate of drug-likeness (QED) is 0.446. The number of anilines is 3. The van der Waals surface area contributed by atoms with Crippen molar-refractivity contribution in [2.45, 2.75) is 81.3 Å². The maximum absolute atomic E-state index is 14.0. The van der Waals surface area contributed by atoms with E-state index in [1.165, 1.54) is 44.1 Å². The van der Waals surface area contributed by atoms with Crippen LogP contribution in [0.2, 0.25) is 0 Å². The van der Waals surface area contributed by atoms with Crippen LogP contribution in [0.15, 0.2) is 35.4 Å². The Hall–Kier alpha value is -3.01. The van der Waals surface area contributed by atoms with Gasteiger partial charge in [-0.05, 0) is 113 Å². The summed E-state index contributed by atoms with van der Waals surface area (Å²) in [6, 6.07) is 9.66. The second-order valence-electron chi connectivity index (χ2n) is 14.3. The number of nitrogens with zero attached hydrogens (tertiary/aromatic N) is 5. The first-order chi connectivity index (χ1) is 20.3. The highest BCUT2D eigenvalue weighted by molar-refractivity contribution is 7.97. The van der Waals surface area contributed by atoms with E-state index in [2.05, 4.69) is 38.7 Å². The minimum atomic E-state index is -0.199. The SMILES string of the molecule is CC1(C)C[C@@H]2CCCNc3cccc(n3)SNC(=O)c3ccc(N4CCN(C56CC7CC(C5)C(C7)C6)C4=O)nc3N1C2. The summed E-state index contributed by atoms with van der Waals surface area (Å²) in [5.41, 5.74) is 0.435. The molecule has 9 nitrogen and oxygen atoms in total. The number of carbonyl (C=O) groups excluding carboxylic acids is 2. The van der Waals surface area contributed by atoms with Crippen molar-refractivity contribution in [3.05, 3.63) is 35.9 Å². The number of carbonyl (C=O) groups is 2. The average Bonchev–Trinajstić information content (AvgIpc) is 3.66. The molecule has 2 saturated heterocycles. The predicted octanol–water partition coefficient (Wildman–Crippen LogP) is 5.55. The molecule has 3 atom stereocenters. The fraction of sp³-hybridized carbons (Fsp3) is 0.625. The zero-order valence-electron chi connectivity index (χ0n) is 24.6. The molecule has 3 amide bonds. The Morgan fingerprint density at radius 3 is 2.57 bits per heavy atom. The van der Waals surface area contributed by atoms with Crippen LogP contribution in [-0.4, -0.2) is 64.1 Å². The van der Waals surface area contributed by atoms with E-state index in [0.29, 0.717) is 29.7 Å². The van der Waals surface area contributed by atoms with Crippen LogP contribution in [0.25, 0.3) is 0 Å². The highest BCUT2D eigenvalue weighted by atomic mass is 32.2. The first kappa shape index (κ1) is 26.6. The van der Waals surface area contributed by atoms with Gasteiger partial charge in [-0.2, -0.15) is 0 Å². The maximum atomic E-state index is 14.0. The predicted molar refractivity (Wildman–Crippen MR) is 165 cm³/mol. The maximum Gasteiger partial charge on any atom is 0.326 e. The highest BCUT2D eigenvalue weighted by Crippen LogP contribution is 2.62. The lowest BCUT2D eigenvalue weighted by Gasteiger charge is -2.45. The van der Waals surface area contributed by atoms with Crippen molar-refractivity contribution in [3.8, 4) is 0 Å². The number of urea groups is 1. The molecule has 4 saturated carbocycles. The number of amides is 3. The monoisotopic (exact) mass is 587 g/mol. The molecular weight excluding hydrogens is 546 g/mol. The summed E-state index contributed by atoms with van der Waals surface area (Å²) in [5, 5.41) is 4.17. The Morgan fingerprint density at radius 2 is 1.76 bits per heavy atom. The van der Waals surface area contributed by atoms with E-state index in [0.717, 1.165) is 67.5 Å². The third kappa shape index (κ3) is 4.35. The molecule has 42 heavy (non-hydrogen) atoms. The number of fused-ring (bicyclic) bond motifs is 6. The van der Waals surface area contributed by atoms with Crippen molar-refractivity contribution in [2.24, 2.45) is 23.7 Å². The second kappa shape index (κ2) is 9.76. The Bertz CT molecular complexity index is 1410. The normalized spacial score (nSPS) is 33.3. The molecule has 2 N–H and O–H groups in total. The number of pyridine rings is 2. The van der Waals surface area contributed by atoms with E-state index < -0.39 is 0 Å². The molecule has 6 fully saturated rings. The van der Waals surface area contributed by atoms with Crippen molar-refractivity contribution < 1.29 is 9.59 Å². The molecule has 222 valence electrons. The average molecular weight is 588 g/mol. The van der Waals surface area contributed by atoms with Crippen LogP contribution in [0.4, 0.5) is 22.2 Å². The smallest absolute Gasteiger partial charge is 0.326 e. The van der Waals surface area contributed by atoms with Gasteiger partial charge in [0, 0.05) is 49.2 Å². The molecule has 0 aromatic carbocycles. The zero-order chi connectivity index (χ0) is 28.6. The fourth-order valence-corrected chi connectivity index (χ4v) is 10.1. The van der Waals surface area contributed by atoms with Crippen LogP contribution < -0.4 is 19.8 Å². The minimum absolute atomic E-state index is 0.0519. The topological polar surface area (TPSA) is 93.7 Å². The molecule has 2 unspecified atom stereocenters. The van der Waals surface area contributed by atoms with Gasteiger partial charge < -0.3 is 15.1 Å². The summed E-state index contributed by atoms with van der Waals surface area (Å²) < 4.78 is 3.01. The fourth-order valence-electron chi connectivity index (χ4n) is 9.54. The Kier molecular flexibility index (Phi) is 6.18. The minimum Gasteiger partial charge on any atom is -0.370 e. The molecule has 5 heterocycles. The van der Waals surface area contributed by atoms with E-state index in [4.69, 9.17) is 4.98 Å². The zero-order valence-corrected chi connectivity index (χ0v) is 25.5. The summed E-state index contributed by atoms with van der Waals surface area (Å²) in [4.78, 5) is 43.9. The van der Waals surface area contributed by atoms with Crippen LogP contribution in [0, 0.1) is 23.7 Å². The number of nitrogens with one attached hydrogen (secondary N) is 2. The van der Waals surface area contributed by atoms with Gasteiger partial charge in [0.15, 0.2) is 0 Å². The third-order valence-corrected chi connectivity index (χ3v) is 11.9. The van der Waals surface area contributed by atoms with Gasteiger partial charge in [-0.15, -0.1) is 0 Å². The summed E-state index contributed by atoms with van der Waals surface area (Å²) >= 11 is 1.22. The summed E-state index contributed by atoms with van der Waals surface area (Å²) in [7, 11) is 0. The van der Waals surface area contributed by atoms with Gasteiger partial charge in [0.25, 0.3) is 5.91 Å². The summed E-state index contributed by atoms with van der Waals surface area (Å²) in [6.07, 6.45) is 9.45. The van der Waals surface area contributed by atoms with Gasteiger partial charge in [-0.3, -0.25) is 14.4 Å². The van der Waals surface area contributed by atoms with Gasteiger partial charge >= 0.3 is 6.03 Å². The van der Waals surface area contributed by atoms with Crippen molar-refractivity contribution in [3.63, 3.8) is 0 Å². The molecule has 2 aromatic heterocycles. The van der Waals surface area contributed by atoms with Crippen LogP contribution in [0.5, 0.6) is 0 Å². The van der Waals surface area contributed by atoms with Crippen molar-refractivity contribution in [2.75, 3.05) is 41.3 Å². The number of rotatable bonds is 2. The molecule has 3 aliphatic heterocycles. The molecule has 8 bridgehead atoms. The molecule has 0 radical (unpaired) electrons. The van der Waals surface area contributed by atoms with E-state index in [9.17, 15) is 9.59 Å². The van der Waals surface area contributed by atoms with Gasteiger partial charge in [0.1, 0.15) is 22.5 Å². The molecule has 7 aliphatic rings. The van der Waals surface area contributed by atoms with Gasteiger partial charge in [0.05, 0.1) is 5.56 Å². The number of hydrogen-bond donors (Lipinski definition) is 2. The summed E-state index contributed by atoms with van der Waals surface area (Å²) in [6.45, 7) is 7.62. The number of hydrogen-bond acceptors (Lipinski definition) is 7. The third-order valence-electron chi connectivity index (χ3n) is 11.1. The Balaban J connectivity index is 1.11. The van der Waals surface area contributed by atoms with Crippen molar-refractivity contribution in [1.82, 2.24) is 19.6 Å². The van der Waals surface area contributed by atoms with E-state index in [-0.39, 0.29) is 23.0 Å². The van der Waals surface area contributed by atoms with Crippen molar-refractivity contribution in [1.29, 1.82) is 0 Å². The van der Waals surface area contributed by atoms with E-state index in [1.54, 1.807) is 0 Å². The van der Waals surface area contributed by atoms with E-state index in [1.807, 2.05) is 35.2 Å². The second-order valence-corrected chi connectivity index (χ2v) is 15.1. The molecule has 2 aromatic rings. The molecular formula is C32H41N7O2S. The highest BCUT2D eigenvalue weighted by Gasteiger charge is 2.60. The lowest BCUT2D eigenvalue weighted by atomic mass is 9.75.